The summed E-state index contributed by atoms with van der Waals surface area (Å²) in [5, 5.41) is 4.55. The molecule has 28 heavy (non-hydrogen) atoms. The molecule has 8 heteroatoms. The quantitative estimate of drug-likeness (QED) is 0.678. The van der Waals surface area contributed by atoms with Crippen LogP contribution in [-0.4, -0.2) is 37.8 Å². The fourth-order valence-electron chi connectivity index (χ4n) is 3.71. The number of carbonyl (C=O) groups excluding carboxylic acids is 1. The maximum absolute atomic E-state index is 13.4. The fourth-order valence-corrected chi connectivity index (χ4v) is 3.87. The molecule has 7 nitrogen and oxygen atoms in total. The Balaban J connectivity index is 1.54. The summed E-state index contributed by atoms with van der Waals surface area (Å²) in [5.41, 5.74) is 2.96. The summed E-state index contributed by atoms with van der Waals surface area (Å²) in [5.74, 6) is 1.11. The van der Waals surface area contributed by atoms with Crippen LogP contribution < -0.4 is 5.32 Å². The van der Waals surface area contributed by atoms with Crippen molar-refractivity contribution in [1.82, 2.24) is 19.9 Å². The Morgan fingerprint density at radius 2 is 2.14 bits per heavy atom. The first-order valence-electron chi connectivity index (χ1n) is 9.39. The minimum Gasteiger partial charge on any atom is -0.442 e. The van der Waals surface area contributed by atoms with Gasteiger partial charge in [-0.3, -0.25) is 4.79 Å². The van der Waals surface area contributed by atoms with Crippen LogP contribution in [0.1, 0.15) is 47.1 Å². The van der Waals surface area contributed by atoms with Crippen LogP contribution >= 0.6 is 11.6 Å². The predicted molar refractivity (Wildman–Crippen MR) is 105 cm³/mol. The topological polar surface area (TPSA) is 84.2 Å². The van der Waals surface area contributed by atoms with Crippen molar-refractivity contribution in [1.29, 1.82) is 0 Å². The molecule has 3 aromatic rings. The van der Waals surface area contributed by atoms with E-state index in [9.17, 15) is 4.79 Å². The molecule has 2 aliphatic rings. The number of fused-ring (bicyclic) bond motifs is 2. The van der Waals surface area contributed by atoms with Gasteiger partial charge in [0.15, 0.2) is 0 Å². The molecule has 0 saturated heterocycles. The van der Waals surface area contributed by atoms with Crippen molar-refractivity contribution >= 4 is 34.4 Å². The van der Waals surface area contributed by atoms with E-state index in [1.807, 2.05) is 6.07 Å². The van der Waals surface area contributed by atoms with Gasteiger partial charge >= 0.3 is 0 Å². The minimum absolute atomic E-state index is 0.0253. The summed E-state index contributed by atoms with van der Waals surface area (Å²) in [6.07, 6.45) is 4.37. The number of aryl methyl sites for hydroxylation is 1. The van der Waals surface area contributed by atoms with Gasteiger partial charge in [-0.1, -0.05) is 17.7 Å². The molecule has 5 rings (SSSR count). The number of furan rings is 1. The van der Waals surface area contributed by atoms with Gasteiger partial charge in [0, 0.05) is 12.1 Å². The Bertz CT molecular complexity index is 1110. The number of anilines is 1. The van der Waals surface area contributed by atoms with E-state index < -0.39 is 0 Å². The first kappa shape index (κ1) is 17.4. The fraction of sp³-hybridized carbons (Fsp3) is 0.400. The molecule has 0 aromatic carbocycles. The van der Waals surface area contributed by atoms with Crippen LogP contribution in [0.4, 0.5) is 5.82 Å². The van der Waals surface area contributed by atoms with E-state index in [-0.39, 0.29) is 11.4 Å². The van der Waals surface area contributed by atoms with Crippen LogP contribution in [-0.2, 0) is 13.0 Å². The molecule has 0 atom stereocenters. The number of rotatable bonds is 3. The van der Waals surface area contributed by atoms with E-state index in [1.54, 1.807) is 17.9 Å². The van der Waals surface area contributed by atoms with Crippen molar-refractivity contribution in [2.45, 2.75) is 45.2 Å². The lowest BCUT2D eigenvalue weighted by molar-refractivity contribution is 0.0732. The summed E-state index contributed by atoms with van der Waals surface area (Å²) in [7, 11) is 0. The molecular formula is C20H20ClN5O2. The van der Waals surface area contributed by atoms with E-state index in [0.717, 1.165) is 30.5 Å². The molecule has 1 fully saturated rings. The SMILES string of the molecule is Cc1oc2ncnc(NC3(C)CC3)c2c1C(=O)N1CCc2ccc(Cl)nc2C1. The number of hydrogen-bond acceptors (Lipinski definition) is 6. The average Bonchev–Trinajstić information content (AvgIpc) is 3.29. The highest BCUT2D eigenvalue weighted by atomic mass is 35.5. The van der Waals surface area contributed by atoms with Gasteiger partial charge in [-0.05, 0) is 44.7 Å². The van der Waals surface area contributed by atoms with Crippen LogP contribution in [0.3, 0.4) is 0 Å². The molecule has 1 amide bonds. The maximum Gasteiger partial charge on any atom is 0.258 e. The zero-order chi connectivity index (χ0) is 19.5. The normalized spacial score (nSPS) is 17.5. The summed E-state index contributed by atoms with van der Waals surface area (Å²) >= 11 is 6.04. The van der Waals surface area contributed by atoms with Crippen LogP contribution in [0.25, 0.3) is 11.1 Å². The largest absolute Gasteiger partial charge is 0.442 e. The molecule has 0 spiro atoms. The van der Waals surface area contributed by atoms with E-state index in [0.29, 0.717) is 46.5 Å². The lowest BCUT2D eigenvalue weighted by Gasteiger charge is -2.28. The summed E-state index contributed by atoms with van der Waals surface area (Å²) in [6.45, 7) is 4.99. The smallest absolute Gasteiger partial charge is 0.258 e. The predicted octanol–water partition coefficient (Wildman–Crippen LogP) is 3.74. The van der Waals surface area contributed by atoms with Crippen molar-refractivity contribution in [3.63, 3.8) is 0 Å². The lowest BCUT2D eigenvalue weighted by atomic mass is 10.0. The summed E-state index contributed by atoms with van der Waals surface area (Å²) < 4.78 is 5.80. The van der Waals surface area contributed by atoms with E-state index in [2.05, 4.69) is 27.2 Å². The Kier molecular flexibility index (Phi) is 3.84. The number of nitrogens with zero attached hydrogens (tertiary/aromatic N) is 4. The zero-order valence-corrected chi connectivity index (χ0v) is 16.5. The Hall–Kier alpha value is -2.67. The van der Waals surface area contributed by atoms with Gasteiger partial charge in [-0.2, -0.15) is 0 Å². The highest BCUT2D eigenvalue weighted by molar-refractivity contribution is 6.29. The molecule has 3 aromatic heterocycles. The second-order valence-corrected chi connectivity index (χ2v) is 8.23. The number of nitrogens with one attached hydrogen (secondary N) is 1. The van der Waals surface area contributed by atoms with Crippen LogP contribution in [0.5, 0.6) is 0 Å². The number of carbonyl (C=O) groups is 1. The third-order valence-electron chi connectivity index (χ3n) is 5.61. The lowest BCUT2D eigenvalue weighted by Crippen LogP contribution is -2.36. The molecule has 144 valence electrons. The molecule has 4 heterocycles. The van der Waals surface area contributed by atoms with Gasteiger partial charge < -0.3 is 14.6 Å². The summed E-state index contributed by atoms with van der Waals surface area (Å²) in [4.78, 5) is 28.3. The number of hydrogen-bond donors (Lipinski definition) is 1. The maximum atomic E-state index is 13.4. The van der Waals surface area contributed by atoms with Crippen LogP contribution in [0.2, 0.25) is 5.15 Å². The van der Waals surface area contributed by atoms with Gasteiger partial charge in [0.05, 0.1) is 23.2 Å². The number of pyridine rings is 1. The first-order valence-corrected chi connectivity index (χ1v) is 9.77. The Labute approximate surface area is 167 Å². The van der Waals surface area contributed by atoms with Crippen molar-refractivity contribution in [2.75, 3.05) is 11.9 Å². The minimum atomic E-state index is -0.0949. The van der Waals surface area contributed by atoms with Crippen molar-refractivity contribution in [2.24, 2.45) is 0 Å². The van der Waals surface area contributed by atoms with Gasteiger partial charge in [0.1, 0.15) is 23.1 Å². The second kappa shape index (κ2) is 6.17. The molecule has 0 unspecified atom stereocenters. The van der Waals surface area contributed by atoms with Crippen molar-refractivity contribution < 1.29 is 9.21 Å². The average molecular weight is 398 g/mol. The summed E-state index contributed by atoms with van der Waals surface area (Å²) in [6, 6.07) is 3.77. The van der Waals surface area contributed by atoms with Gasteiger partial charge in [0.25, 0.3) is 5.91 Å². The van der Waals surface area contributed by atoms with E-state index in [4.69, 9.17) is 16.0 Å². The van der Waals surface area contributed by atoms with E-state index >= 15 is 0 Å². The number of halogens is 1. The highest BCUT2D eigenvalue weighted by Crippen LogP contribution is 2.40. The van der Waals surface area contributed by atoms with Crippen molar-refractivity contribution in [3.8, 4) is 0 Å². The molecule has 0 radical (unpaired) electrons. The Morgan fingerprint density at radius 3 is 2.93 bits per heavy atom. The number of aromatic nitrogens is 3. The van der Waals surface area contributed by atoms with Gasteiger partial charge in [0.2, 0.25) is 5.71 Å². The highest BCUT2D eigenvalue weighted by Gasteiger charge is 2.39. The standard InChI is InChI=1S/C20H20ClN5O2/c1-11-15(16-17(25-20(2)6-7-20)22-10-23-18(16)28-11)19(27)26-8-5-12-3-4-14(21)24-13(12)9-26/h3-4,10H,5-9H2,1-2H3,(H,22,23,25). The number of amides is 1. The Morgan fingerprint density at radius 1 is 1.32 bits per heavy atom. The molecule has 1 aliphatic heterocycles. The van der Waals surface area contributed by atoms with Crippen molar-refractivity contribution in [3.05, 3.63) is 46.2 Å². The second-order valence-electron chi connectivity index (χ2n) is 7.84. The third-order valence-corrected chi connectivity index (χ3v) is 5.82. The molecular weight excluding hydrogens is 378 g/mol. The zero-order valence-electron chi connectivity index (χ0n) is 15.8. The molecule has 0 bridgehead atoms. The van der Waals surface area contributed by atoms with Crippen LogP contribution in [0.15, 0.2) is 22.9 Å². The van der Waals surface area contributed by atoms with E-state index in [1.165, 1.54) is 6.33 Å². The molecule has 1 saturated carbocycles. The molecule has 1 N–H and O–H groups in total. The molecule has 1 aliphatic carbocycles. The first-order chi connectivity index (χ1) is 13.4. The monoisotopic (exact) mass is 397 g/mol. The van der Waals surface area contributed by atoms with Crippen LogP contribution in [0, 0.1) is 6.92 Å². The van der Waals surface area contributed by atoms with Gasteiger partial charge in [-0.15, -0.1) is 0 Å². The third kappa shape index (κ3) is 2.90. The van der Waals surface area contributed by atoms with Gasteiger partial charge in [-0.25, -0.2) is 15.0 Å².